The number of carbonyl (C=O) groups excluding carboxylic acids is 3. The van der Waals surface area contributed by atoms with Crippen molar-refractivity contribution in [3.63, 3.8) is 0 Å². The molecule has 0 bridgehead atoms. The quantitative estimate of drug-likeness (QED) is 0.0261. The minimum absolute atomic E-state index is 0.0944. The highest BCUT2D eigenvalue weighted by molar-refractivity contribution is 5.71. The maximum absolute atomic E-state index is 12.9. The Morgan fingerprint density at radius 3 is 0.882 bits per heavy atom. The Morgan fingerprint density at radius 1 is 0.276 bits per heavy atom. The van der Waals surface area contributed by atoms with Crippen LogP contribution in [0.15, 0.2) is 72.9 Å². The third-order valence-corrected chi connectivity index (χ3v) is 14.4. The smallest absolute Gasteiger partial charge is 0.306 e. The van der Waals surface area contributed by atoms with Gasteiger partial charge in [-0.15, -0.1) is 0 Å². The summed E-state index contributed by atoms with van der Waals surface area (Å²) in [6.07, 6.45) is 83.7. The monoisotopic (exact) mass is 1060 g/mol. The fourth-order valence-electron chi connectivity index (χ4n) is 9.53. The molecule has 0 aromatic rings. The van der Waals surface area contributed by atoms with E-state index in [9.17, 15) is 14.4 Å². The summed E-state index contributed by atoms with van der Waals surface area (Å²) in [4.78, 5) is 38.2. The average Bonchev–Trinajstić information content (AvgIpc) is 3.42. The van der Waals surface area contributed by atoms with Crippen molar-refractivity contribution in [2.45, 2.75) is 341 Å². The third kappa shape index (κ3) is 61.7. The molecule has 0 aliphatic rings. The number of ether oxygens (including phenoxy) is 3. The molecule has 0 N–H and O–H groups in total. The topological polar surface area (TPSA) is 78.9 Å². The van der Waals surface area contributed by atoms with Crippen molar-refractivity contribution in [3.05, 3.63) is 72.9 Å². The second-order valence-electron chi connectivity index (χ2n) is 22.0. The Balaban J connectivity index is 4.18. The van der Waals surface area contributed by atoms with E-state index >= 15 is 0 Å². The fraction of sp³-hybridized carbons (Fsp3) is 0.786. The van der Waals surface area contributed by atoms with Crippen LogP contribution in [0.5, 0.6) is 0 Å². The molecule has 0 fully saturated rings. The van der Waals surface area contributed by atoms with Crippen molar-refractivity contribution in [2.75, 3.05) is 13.2 Å². The first-order valence-electron chi connectivity index (χ1n) is 32.9. The summed E-state index contributed by atoms with van der Waals surface area (Å²) >= 11 is 0. The summed E-state index contributed by atoms with van der Waals surface area (Å²) in [5, 5.41) is 0. The minimum atomic E-state index is -0.802. The number of hydrogen-bond donors (Lipinski definition) is 0. The summed E-state index contributed by atoms with van der Waals surface area (Å²) in [6.45, 7) is 6.45. The predicted octanol–water partition coefficient (Wildman–Crippen LogP) is 22.5. The number of allylic oxidation sites excluding steroid dienone is 12. The van der Waals surface area contributed by atoms with Gasteiger partial charge in [-0.25, -0.2) is 0 Å². The molecule has 1 unspecified atom stereocenters. The van der Waals surface area contributed by atoms with Gasteiger partial charge in [0.05, 0.1) is 0 Å². The molecule has 6 heteroatoms. The zero-order chi connectivity index (χ0) is 55.0. The van der Waals surface area contributed by atoms with Crippen LogP contribution in [-0.4, -0.2) is 37.2 Å². The molecule has 0 radical (unpaired) electrons. The summed E-state index contributed by atoms with van der Waals surface area (Å²) in [6, 6.07) is 0. The molecule has 0 aromatic heterocycles. The number of esters is 3. The SMILES string of the molecule is CC/C=C\C/C=C\C/C=C\C/C=C\CCCCC(=O)OC(COC(=O)CCCCCCC/C=C\C/C=C\CCC)COC(=O)CCCCCCCCCCCCCCCCCCCCCCCCCCCCCCCC. The van der Waals surface area contributed by atoms with Gasteiger partial charge in [0, 0.05) is 19.3 Å². The molecule has 76 heavy (non-hydrogen) atoms. The third-order valence-electron chi connectivity index (χ3n) is 14.4. The van der Waals surface area contributed by atoms with Crippen molar-refractivity contribution in [3.8, 4) is 0 Å². The molecule has 0 amide bonds. The van der Waals surface area contributed by atoms with E-state index in [1.165, 1.54) is 180 Å². The molecule has 0 heterocycles. The molecule has 0 spiro atoms. The van der Waals surface area contributed by atoms with Gasteiger partial charge in [-0.3, -0.25) is 14.4 Å². The van der Waals surface area contributed by atoms with Crippen LogP contribution >= 0.6 is 0 Å². The maximum atomic E-state index is 12.9. The normalized spacial score (nSPS) is 12.5. The highest BCUT2D eigenvalue weighted by atomic mass is 16.6. The fourth-order valence-corrected chi connectivity index (χ4v) is 9.53. The lowest BCUT2D eigenvalue weighted by atomic mass is 10.0. The first kappa shape index (κ1) is 72.8. The van der Waals surface area contributed by atoms with E-state index in [-0.39, 0.29) is 37.5 Å². The molecule has 1 atom stereocenters. The van der Waals surface area contributed by atoms with Gasteiger partial charge in [0.15, 0.2) is 6.10 Å². The zero-order valence-electron chi connectivity index (χ0n) is 50.5. The lowest BCUT2D eigenvalue weighted by Gasteiger charge is -2.18. The Kier molecular flexibility index (Phi) is 61.7. The van der Waals surface area contributed by atoms with Gasteiger partial charge in [0.25, 0.3) is 0 Å². The molecule has 0 aliphatic heterocycles. The van der Waals surface area contributed by atoms with Gasteiger partial charge in [-0.2, -0.15) is 0 Å². The van der Waals surface area contributed by atoms with Gasteiger partial charge in [-0.05, 0) is 83.5 Å². The van der Waals surface area contributed by atoms with Crippen molar-refractivity contribution < 1.29 is 28.6 Å². The second kappa shape index (κ2) is 64.4. The number of carbonyl (C=O) groups is 3. The highest BCUT2D eigenvalue weighted by Crippen LogP contribution is 2.18. The van der Waals surface area contributed by atoms with Crippen LogP contribution in [0.4, 0.5) is 0 Å². The highest BCUT2D eigenvalue weighted by Gasteiger charge is 2.19. The second-order valence-corrected chi connectivity index (χ2v) is 22.0. The Morgan fingerprint density at radius 2 is 0.539 bits per heavy atom. The molecule has 0 saturated heterocycles. The Bertz CT molecular complexity index is 1400. The first-order valence-corrected chi connectivity index (χ1v) is 32.9. The van der Waals surface area contributed by atoms with E-state index in [0.29, 0.717) is 19.3 Å². The van der Waals surface area contributed by atoms with Crippen molar-refractivity contribution in [1.29, 1.82) is 0 Å². The zero-order valence-corrected chi connectivity index (χ0v) is 50.5. The van der Waals surface area contributed by atoms with E-state index in [1.807, 2.05) is 0 Å². The minimum Gasteiger partial charge on any atom is -0.462 e. The molecule has 0 aliphatic carbocycles. The van der Waals surface area contributed by atoms with Crippen LogP contribution < -0.4 is 0 Å². The summed E-state index contributed by atoms with van der Waals surface area (Å²) in [7, 11) is 0. The predicted molar refractivity (Wildman–Crippen MR) is 330 cm³/mol. The summed E-state index contributed by atoms with van der Waals surface area (Å²) < 4.78 is 16.9. The van der Waals surface area contributed by atoms with E-state index in [4.69, 9.17) is 14.2 Å². The van der Waals surface area contributed by atoms with Gasteiger partial charge < -0.3 is 14.2 Å². The van der Waals surface area contributed by atoms with Gasteiger partial charge in [0.2, 0.25) is 0 Å². The first-order chi connectivity index (χ1) is 37.5. The standard InChI is InChI=1S/C70H124O6/c1-4-7-10-13-16-19-22-25-27-28-29-30-31-32-33-34-35-36-37-38-39-40-41-43-45-48-51-54-57-60-63-69(72)75-66-67(65-74-68(71)62-59-56-53-50-47-44-24-21-18-15-12-9-6-3)76-70(73)64-61-58-55-52-49-46-42-26-23-20-17-14-11-8-5-2/h8,11-12,15,17,20-21,24,26,42,49,52,67H,4-7,9-10,13-14,16,18-19,22-23,25,27-41,43-48,50-51,53-66H2,1-3H3/b11-8-,15-12-,20-17-,24-21-,42-26-,52-49-. The van der Waals surface area contributed by atoms with E-state index in [1.54, 1.807) is 0 Å². The maximum Gasteiger partial charge on any atom is 0.306 e. The summed E-state index contributed by atoms with van der Waals surface area (Å²) in [5.74, 6) is -0.938. The van der Waals surface area contributed by atoms with Crippen LogP contribution in [0.1, 0.15) is 335 Å². The van der Waals surface area contributed by atoms with E-state index in [0.717, 1.165) is 109 Å². The number of rotatable bonds is 60. The Labute approximate surface area is 472 Å². The molecular weight excluding hydrogens is 937 g/mol. The van der Waals surface area contributed by atoms with Gasteiger partial charge in [0.1, 0.15) is 13.2 Å². The molecule has 0 rings (SSSR count). The van der Waals surface area contributed by atoms with Crippen molar-refractivity contribution >= 4 is 17.9 Å². The van der Waals surface area contributed by atoms with Crippen molar-refractivity contribution in [2.24, 2.45) is 0 Å². The number of unbranched alkanes of at least 4 members (excludes halogenated alkanes) is 37. The van der Waals surface area contributed by atoms with Gasteiger partial charge >= 0.3 is 17.9 Å². The molecule has 0 saturated carbocycles. The lowest BCUT2D eigenvalue weighted by molar-refractivity contribution is -0.167. The summed E-state index contributed by atoms with van der Waals surface area (Å²) in [5.41, 5.74) is 0. The molecule has 6 nitrogen and oxygen atoms in total. The molecule has 0 aromatic carbocycles. The molecule has 440 valence electrons. The van der Waals surface area contributed by atoms with E-state index in [2.05, 4.69) is 93.7 Å². The van der Waals surface area contributed by atoms with E-state index < -0.39 is 6.10 Å². The number of hydrogen-bond acceptors (Lipinski definition) is 6. The molecular formula is C70H124O6. The van der Waals surface area contributed by atoms with Gasteiger partial charge in [-0.1, -0.05) is 306 Å². The average molecular weight is 1060 g/mol. The van der Waals surface area contributed by atoms with Crippen LogP contribution in [0.3, 0.4) is 0 Å². The van der Waals surface area contributed by atoms with Crippen LogP contribution in [0, 0.1) is 0 Å². The Hall–Kier alpha value is -3.15. The van der Waals surface area contributed by atoms with Crippen LogP contribution in [-0.2, 0) is 28.6 Å². The van der Waals surface area contributed by atoms with Crippen molar-refractivity contribution in [1.82, 2.24) is 0 Å². The van der Waals surface area contributed by atoms with Crippen LogP contribution in [0.2, 0.25) is 0 Å². The lowest BCUT2D eigenvalue weighted by Crippen LogP contribution is -2.30. The van der Waals surface area contributed by atoms with Crippen LogP contribution in [0.25, 0.3) is 0 Å². The largest absolute Gasteiger partial charge is 0.462 e.